The summed E-state index contributed by atoms with van der Waals surface area (Å²) in [5.74, 6) is 6.41. The van der Waals surface area contributed by atoms with Crippen molar-refractivity contribution in [2.24, 2.45) is 0 Å². The molecular formula is C19H16N2S. The van der Waals surface area contributed by atoms with Crippen molar-refractivity contribution in [3.63, 3.8) is 0 Å². The van der Waals surface area contributed by atoms with Gasteiger partial charge in [-0.15, -0.1) is 11.3 Å². The fraction of sp³-hybridized carbons (Fsp3) is 0.0526. The summed E-state index contributed by atoms with van der Waals surface area (Å²) in [6, 6.07) is 12.9. The lowest BCUT2D eigenvalue weighted by molar-refractivity contribution is 1.02. The van der Waals surface area contributed by atoms with Gasteiger partial charge in [-0.3, -0.25) is 4.68 Å². The number of hydrogen-bond donors (Lipinski definition) is 1. The predicted octanol–water partition coefficient (Wildman–Crippen LogP) is 3.49. The third kappa shape index (κ3) is 1.60. The monoisotopic (exact) mass is 304 g/mol. The Morgan fingerprint density at radius 1 is 1.09 bits per heavy atom. The molecule has 0 spiro atoms. The van der Waals surface area contributed by atoms with E-state index in [1.165, 1.54) is 25.6 Å². The van der Waals surface area contributed by atoms with Gasteiger partial charge in [-0.1, -0.05) is 55.1 Å². The van der Waals surface area contributed by atoms with Gasteiger partial charge < -0.3 is 5.84 Å². The summed E-state index contributed by atoms with van der Waals surface area (Å²) >= 11 is 1.80. The van der Waals surface area contributed by atoms with E-state index in [-0.39, 0.29) is 0 Å². The van der Waals surface area contributed by atoms with Gasteiger partial charge in [-0.25, -0.2) is 0 Å². The van der Waals surface area contributed by atoms with Crippen LogP contribution in [0.25, 0.3) is 43.2 Å². The van der Waals surface area contributed by atoms with E-state index >= 15 is 0 Å². The molecule has 4 aromatic rings. The smallest absolute Gasteiger partial charge is 0.0881 e. The van der Waals surface area contributed by atoms with E-state index in [0.717, 1.165) is 16.1 Å². The van der Waals surface area contributed by atoms with Crippen molar-refractivity contribution in [1.82, 2.24) is 4.68 Å². The number of fused-ring (bicyclic) bond motifs is 5. The number of benzene rings is 2. The molecular weight excluding hydrogens is 288 g/mol. The average molecular weight is 304 g/mol. The van der Waals surface area contributed by atoms with Crippen molar-refractivity contribution in [2.45, 2.75) is 6.92 Å². The number of nitrogens with two attached hydrogens (primary N) is 1. The number of hydrogen-bond acceptors (Lipinski definition) is 2. The number of allylic oxidation sites excluding steroid dienone is 1. The number of rotatable bonds is 1. The van der Waals surface area contributed by atoms with Crippen molar-refractivity contribution in [1.29, 1.82) is 0 Å². The first kappa shape index (κ1) is 13.2. The second-order valence-electron chi connectivity index (χ2n) is 5.30. The zero-order valence-electron chi connectivity index (χ0n) is 12.3. The molecule has 2 aromatic heterocycles. The second kappa shape index (κ2) is 4.75. The molecule has 3 heteroatoms. The molecule has 22 heavy (non-hydrogen) atoms. The second-order valence-corrected chi connectivity index (χ2v) is 6.35. The van der Waals surface area contributed by atoms with Crippen LogP contribution in [0.3, 0.4) is 0 Å². The van der Waals surface area contributed by atoms with E-state index in [1.807, 2.05) is 23.8 Å². The maximum atomic E-state index is 6.41. The summed E-state index contributed by atoms with van der Waals surface area (Å²) in [6.45, 7) is 5.84. The van der Waals surface area contributed by atoms with Crippen molar-refractivity contribution < 1.29 is 0 Å². The van der Waals surface area contributed by atoms with Crippen LogP contribution in [-0.2, 0) is 0 Å². The zero-order chi connectivity index (χ0) is 15.3. The first-order chi connectivity index (χ1) is 10.8. The molecule has 0 atom stereocenters. The minimum Gasteiger partial charge on any atom is -0.339 e. The normalized spacial score (nSPS) is 13.7. The zero-order valence-corrected chi connectivity index (χ0v) is 13.2. The number of nitrogen functional groups attached to an aromatic ring is 1. The van der Waals surface area contributed by atoms with Gasteiger partial charge in [0.2, 0.25) is 0 Å². The Morgan fingerprint density at radius 2 is 1.86 bits per heavy atom. The third-order valence-corrected chi connectivity index (χ3v) is 5.34. The van der Waals surface area contributed by atoms with Gasteiger partial charge >= 0.3 is 0 Å². The third-order valence-electron chi connectivity index (χ3n) is 4.15. The van der Waals surface area contributed by atoms with E-state index < -0.39 is 0 Å². The van der Waals surface area contributed by atoms with Gasteiger partial charge in [0.05, 0.1) is 15.6 Å². The maximum absolute atomic E-state index is 6.41. The van der Waals surface area contributed by atoms with Gasteiger partial charge in [-0.2, -0.15) is 0 Å². The van der Waals surface area contributed by atoms with Gasteiger partial charge in [0.15, 0.2) is 0 Å². The highest BCUT2D eigenvalue weighted by atomic mass is 32.1. The molecule has 0 saturated heterocycles. The molecule has 2 heterocycles. The lowest BCUT2D eigenvalue weighted by Crippen LogP contribution is -2.33. The lowest BCUT2D eigenvalue weighted by atomic mass is 10.1. The van der Waals surface area contributed by atoms with E-state index in [1.54, 1.807) is 11.3 Å². The fourth-order valence-corrected chi connectivity index (χ4v) is 4.45. The van der Waals surface area contributed by atoms with Crippen molar-refractivity contribution >= 4 is 54.6 Å². The summed E-state index contributed by atoms with van der Waals surface area (Å²) in [5.41, 5.74) is 1.10. The van der Waals surface area contributed by atoms with Gasteiger partial charge in [0.25, 0.3) is 0 Å². The Hall–Kier alpha value is -2.52. The highest BCUT2D eigenvalue weighted by molar-refractivity contribution is 7.26. The quantitative estimate of drug-likeness (QED) is 0.536. The summed E-state index contributed by atoms with van der Waals surface area (Å²) in [5, 5.41) is 5.90. The highest BCUT2D eigenvalue weighted by Crippen LogP contribution is 2.36. The molecule has 108 valence electrons. The molecule has 0 fully saturated rings. The van der Waals surface area contributed by atoms with Gasteiger partial charge in [0, 0.05) is 26.1 Å². The standard InChI is InChI=1S/C19H16N2S/c1-3-7-12-14-10-11-15-13-8-5-6-9-17(13)22-19(15)18(14)21(20)16(12)4-2/h3-11H,1,20H2,2H3/b12-7-,16-4+. The molecule has 0 bridgehead atoms. The highest BCUT2D eigenvalue weighted by Gasteiger charge is 2.13. The number of aromatic nitrogens is 1. The SMILES string of the molecule is C=C/C=c1\c(=C/C)n(N)c2c1ccc1c3ccccc3sc12. The Balaban J connectivity index is 2.36. The first-order valence-electron chi connectivity index (χ1n) is 7.25. The molecule has 0 saturated carbocycles. The molecule has 2 N–H and O–H groups in total. The molecule has 2 aromatic carbocycles. The Morgan fingerprint density at radius 3 is 2.64 bits per heavy atom. The molecule has 0 aliphatic carbocycles. The van der Waals surface area contributed by atoms with E-state index in [0.29, 0.717) is 0 Å². The maximum Gasteiger partial charge on any atom is 0.0881 e. The van der Waals surface area contributed by atoms with Gasteiger partial charge in [0.1, 0.15) is 0 Å². The van der Waals surface area contributed by atoms with E-state index in [9.17, 15) is 0 Å². The number of nitrogens with zero attached hydrogens (tertiary/aromatic N) is 1. The Bertz CT molecular complexity index is 1160. The lowest BCUT2D eigenvalue weighted by Gasteiger charge is -1.98. The Kier molecular flexibility index (Phi) is 2.84. The number of thiophene rings is 1. The summed E-state index contributed by atoms with van der Waals surface area (Å²) in [6.07, 6.45) is 5.89. The largest absolute Gasteiger partial charge is 0.339 e. The van der Waals surface area contributed by atoms with Crippen LogP contribution in [0.15, 0.2) is 49.1 Å². The molecule has 4 rings (SSSR count). The van der Waals surface area contributed by atoms with Gasteiger partial charge in [-0.05, 0) is 13.0 Å². The molecule has 0 unspecified atom stereocenters. The summed E-state index contributed by atoms with van der Waals surface area (Å²) < 4.78 is 4.35. The van der Waals surface area contributed by atoms with Crippen LogP contribution < -0.4 is 16.4 Å². The molecule has 2 nitrogen and oxygen atoms in total. The van der Waals surface area contributed by atoms with Crippen LogP contribution in [0.1, 0.15) is 6.92 Å². The molecule has 0 amide bonds. The van der Waals surface area contributed by atoms with E-state index in [2.05, 4.69) is 49.1 Å². The topological polar surface area (TPSA) is 30.9 Å². The summed E-state index contributed by atoms with van der Waals surface area (Å²) in [7, 11) is 0. The van der Waals surface area contributed by atoms with Crippen molar-refractivity contribution in [2.75, 3.05) is 5.84 Å². The minimum absolute atomic E-state index is 1.03. The molecule has 0 aliphatic heterocycles. The van der Waals surface area contributed by atoms with Crippen LogP contribution in [0.5, 0.6) is 0 Å². The van der Waals surface area contributed by atoms with Crippen LogP contribution in [0, 0.1) is 0 Å². The van der Waals surface area contributed by atoms with Crippen LogP contribution in [0.2, 0.25) is 0 Å². The average Bonchev–Trinajstić information content (AvgIpc) is 3.03. The first-order valence-corrected chi connectivity index (χ1v) is 8.06. The van der Waals surface area contributed by atoms with Crippen LogP contribution >= 0.6 is 11.3 Å². The minimum atomic E-state index is 1.03. The Labute approximate surface area is 132 Å². The predicted molar refractivity (Wildman–Crippen MR) is 99.0 cm³/mol. The van der Waals surface area contributed by atoms with Crippen LogP contribution in [0.4, 0.5) is 0 Å². The molecule has 0 aliphatic rings. The van der Waals surface area contributed by atoms with Crippen molar-refractivity contribution in [3.8, 4) is 0 Å². The molecule has 0 radical (unpaired) electrons. The van der Waals surface area contributed by atoms with Crippen molar-refractivity contribution in [3.05, 3.63) is 59.6 Å². The van der Waals surface area contributed by atoms with Crippen LogP contribution in [-0.4, -0.2) is 4.68 Å². The van der Waals surface area contributed by atoms with E-state index in [4.69, 9.17) is 5.84 Å². The fourth-order valence-electron chi connectivity index (χ4n) is 3.21. The summed E-state index contributed by atoms with van der Waals surface area (Å²) in [4.78, 5) is 0.